The summed E-state index contributed by atoms with van der Waals surface area (Å²) < 4.78 is 5.94. The van der Waals surface area contributed by atoms with Gasteiger partial charge in [0.25, 0.3) is 0 Å². The van der Waals surface area contributed by atoms with Crippen molar-refractivity contribution in [2.24, 2.45) is 0 Å². The maximum Gasteiger partial charge on any atom is 0.125 e. The van der Waals surface area contributed by atoms with Crippen molar-refractivity contribution < 1.29 is 4.74 Å². The molecule has 31 heavy (non-hydrogen) atoms. The molecule has 0 radical (unpaired) electrons. The second-order valence-electron chi connectivity index (χ2n) is 8.37. The first-order valence-electron chi connectivity index (χ1n) is 10.8. The van der Waals surface area contributed by atoms with E-state index >= 15 is 0 Å². The van der Waals surface area contributed by atoms with E-state index in [2.05, 4.69) is 111 Å². The molecule has 1 aliphatic rings. The minimum atomic E-state index is 0.114. The molecule has 1 unspecified atom stereocenters. The van der Waals surface area contributed by atoms with E-state index in [-0.39, 0.29) is 5.92 Å². The molecule has 0 aromatic heterocycles. The lowest BCUT2D eigenvalue weighted by Crippen LogP contribution is -2.23. The molecule has 2 heteroatoms. The molecule has 4 aromatic carbocycles. The van der Waals surface area contributed by atoms with Crippen LogP contribution in [0.25, 0.3) is 0 Å². The summed E-state index contributed by atoms with van der Waals surface area (Å²) in [6.45, 7) is 6.64. The summed E-state index contributed by atoms with van der Waals surface area (Å²) in [5, 5.41) is 0. The van der Waals surface area contributed by atoms with Crippen LogP contribution < -0.4 is 9.64 Å². The maximum atomic E-state index is 5.94. The SMILES string of the molecule is COc1cccc2c1C(c1c(C)cc(C)cc1C)c1ccccc1N2c1ccccc1. The van der Waals surface area contributed by atoms with Crippen molar-refractivity contribution in [1.29, 1.82) is 0 Å². The van der Waals surface area contributed by atoms with Crippen LogP contribution in [0.3, 0.4) is 0 Å². The standard InChI is InChI=1S/C29H27NO/c1-19-17-20(2)27(21(3)18-19)28-23-13-8-9-14-24(23)30(22-11-6-5-7-12-22)25-15-10-16-26(31-4)29(25)28/h5-18,28H,1-4H3. The van der Waals surface area contributed by atoms with Crippen molar-refractivity contribution in [2.75, 3.05) is 12.0 Å². The van der Waals surface area contributed by atoms with E-state index in [1.807, 2.05) is 0 Å². The summed E-state index contributed by atoms with van der Waals surface area (Å²) in [7, 11) is 1.77. The van der Waals surface area contributed by atoms with E-state index in [1.165, 1.54) is 44.8 Å². The fraction of sp³-hybridized carbons (Fsp3) is 0.172. The van der Waals surface area contributed by atoms with Crippen molar-refractivity contribution in [2.45, 2.75) is 26.7 Å². The van der Waals surface area contributed by atoms with Gasteiger partial charge < -0.3 is 9.64 Å². The fourth-order valence-corrected chi connectivity index (χ4v) is 5.22. The molecule has 0 amide bonds. The third-order valence-electron chi connectivity index (χ3n) is 6.32. The van der Waals surface area contributed by atoms with E-state index in [0.29, 0.717) is 0 Å². The average Bonchev–Trinajstić information content (AvgIpc) is 2.78. The van der Waals surface area contributed by atoms with Crippen molar-refractivity contribution in [3.8, 4) is 5.75 Å². The van der Waals surface area contributed by atoms with E-state index in [9.17, 15) is 0 Å². The van der Waals surface area contributed by atoms with Crippen molar-refractivity contribution in [1.82, 2.24) is 0 Å². The molecule has 1 atom stereocenters. The molecule has 4 aromatic rings. The Bertz CT molecular complexity index is 1240. The quantitative estimate of drug-likeness (QED) is 0.307. The number of nitrogens with zero attached hydrogens (tertiary/aromatic N) is 1. The zero-order valence-corrected chi connectivity index (χ0v) is 18.5. The van der Waals surface area contributed by atoms with Gasteiger partial charge in [-0.2, -0.15) is 0 Å². The summed E-state index contributed by atoms with van der Waals surface area (Å²) in [4.78, 5) is 2.36. The molecule has 0 bridgehead atoms. The van der Waals surface area contributed by atoms with Crippen LogP contribution in [-0.2, 0) is 0 Å². The van der Waals surface area contributed by atoms with Crippen molar-refractivity contribution >= 4 is 17.1 Å². The first-order valence-corrected chi connectivity index (χ1v) is 10.8. The maximum absolute atomic E-state index is 5.94. The minimum absolute atomic E-state index is 0.114. The van der Waals surface area contributed by atoms with Gasteiger partial charge in [-0.15, -0.1) is 0 Å². The molecule has 5 rings (SSSR count). The third-order valence-corrected chi connectivity index (χ3v) is 6.32. The summed E-state index contributed by atoms with van der Waals surface area (Å²) >= 11 is 0. The number of aryl methyl sites for hydroxylation is 3. The monoisotopic (exact) mass is 405 g/mol. The van der Waals surface area contributed by atoms with Crippen molar-refractivity contribution in [3.63, 3.8) is 0 Å². The van der Waals surface area contributed by atoms with Crippen LogP contribution in [0.15, 0.2) is 84.9 Å². The lowest BCUT2D eigenvalue weighted by molar-refractivity contribution is 0.409. The molecule has 2 nitrogen and oxygen atoms in total. The Balaban J connectivity index is 1.87. The number of hydrogen-bond donors (Lipinski definition) is 0. The molecule has 0 aliphatic carbocycles. The van der Waals surface area contributed by atoms with E-state index < -0.39 is 0 Å². The van der Waals surface area contributed by atoms with Crippen molar-refractivity contribution in [3.05, 3.63) is 118 Å². The molecule has 0 saturated carbocycles. The Morgan fingerprint density at radius 3 is 2.03 bits per heavy atom. The average molecular weight is 406 g/mol. The minimum Gasteiger partial charge on any atom is -0.496 e. The fourth-order valence-electron chi connectivity index (χ4n) is 5.22. The Kier molecular flexibility index (Phi) is 4.78. The molecule has 1 heterocycles. The Morgan fingerprint density at radius 2 is 1.32 bits per heavy atom. The number of anilines is 3. The number of rotatable bonds is 3. The highest BCUT2D eigenvalue weighted by Gasteiger charge is 2.35. The highest BCUT2D eigenvalue weighted by atomic mass is 16.5. The van der Waals surface area contributed by atoms with Crippen LogP contribution in [0, 0.1) is 20.8 Å². The van der Waals surface area contributed by atoms with E-state index in [4.69, 9.17) is 4.74 Å². The summed E-state index contributed by atoms with van der Waals surface area (Å²) in [5.41, 5.74) is 11.4. The molecule has 154 valence electrons. The number of methoxy groups -OCH3 is 1. The van der Waals surface area contributed by atoms with Crippen LogP contribution in [-0.4, -0.2) is 7.11 Å². The number of hydrogen-bond acceptors (Lipinski definition) is 2. The van der Waals surface area contributed by atoms with Gasteiger partial charge in [0, 0.05) is 17.2 Å². The van der Waals surface area contributed by atoms with Gasteiger partial charge in [0.05, 0.1) is 18.5 Å². The van der Waals surface area contributed by atoms with Crippen LogP contribution in [0.4, 0.5) is 17.1 Å². The molecule has 0 spiro atoms. The smallest absolute Gasteiger partial charge is 0.125 e. The lowest BCUT2D eigenvalue weighted by Gasteiger charge is -2.39. The normalized spacial score (nSPS) is 14.7. The topological polar surface area (TPSA) is 12.5 Å². The van der Waals surface area contributed by atoms with Gasteiger partial charge >= 0.3 is 0 Å². The zero-order chi connectivity index (χ0) is 21.5. The number of fused-ring (bicyclic) bond motifs is 2. The number of benzene rings is 4. The van der Waals surface area contributed by atoms with Crippen LogP contribution >= 0.6 is 0 Å². The van der Waals surface area contributed by atoms with Gasteiger partial charge in [-0.05, 0) is 73.4 Å². The number of para-hydroxylation sites is 2. The van der Waals surface area contributed by atoms with Crippen LogP contribution in [0.2, 0.25) is 0 Å². The van der Waals surface area contributed by atoms with Crippen LogP contribution in [0.5, 0.6) is 5.75 Å². The van der Waals surface area contributed by atoms with E-state index in [1.54, 1.807) is 7.11 Å². The third kappa shape index (κ3) is 3.11. The van der Waals surface area contributed by atoms with E-state index in [0.717, 1.165) is 11.4 Å². The second-order valence-corrected chi connectivity index (χ2v) is 8.37. The summed E-state index contributed by atoms with van der Waals surface area (Å²) in [6, 6.07) is 30.4. The largest absolute Gasteiger partial charge is 0.496 e. The summed E-state index contributed by atoms with van der Waals surface area (Å²) in [5.74, 6) is 1.04. The summed E-state index contributed by atoms with van der Waals surface area (Å²) in [6.07, 6.45) is 0. The van der Waals surface area contributed by atoms with Crippen LogP contribution in [0.1, 0.15) is 39.3 Å². The first-order chi connectivity index (χ1) is 15.1. The molecular weight excluding hydrogens is 378 g/mol. The predicted octanol–water partition coefficient (Wildman–Crippen LogP) is 7.58. The Hall–Kier alpha value is -3.52. The van der Waals surface area contributed by atoms with Gasteiger partial charge in [0.2, 0.25) is 0 Å². The Morgan fingerprint density at radius 1 is 0.677 bits per heavy atom. The first kappa shape index (κ1) is 19.4. The van der Waals surface area contributed by atoms with Gasteiger partial charge in [-0.3, -0.25) is 0 Å². The lowest BCUT2D eigenvalue weighted by atomic mass is 9.76. The molecule has 0 fully saturated rings. The molecular formula is C29H27NO. The van der Waals surface area contributed by atoms with Gasteiger partial charge in [-0.25, -0.2) is 0 Å². The van der Waals surface area contributed by atoms with Gasteiger partial charge in [-0.1, -0.05) is 60.2 Å². The predicted molar refractivity (Wildman–Crippen MR) is 129 cm³/mol. The zero-order valence-electron chi connectivity index (χ0n) is 18.5. The number of ether oxygens (including phenoxy) is 1. The highest BCUT2D eigenvalue weighted by molar-refractivity contribution is 5.87. The molecule has 1 aliphatic heterocycles. The highest BCUT2D eigenvalue weighted by Crippen LogP contribution is 2.54. The molecule has 0 N–H and O–H groups in total. The molecule has 0 saturated heterocycles. The second kappa shape index (κ2) is 7.63. The Labute approximate surface area is 184 Å². The van der Waals surface area contributed by atoms with Gasteiger partial charge in [0.1, 0.15) is 5.75 Å². The van der Waals surface area contributed by atoms with Gasteiger partial charge in [0.15, 0.2) is 0 Å².